The first kappa shape index (κ1) is 19.5. The first-order valence-corrected chi connectivity index (χ1v) is 8.39. The van der Waals surface area contributed by atoms with Gasteiger partial charge in [-0.2, -0.15) is 5.26 Å². The summed E-state index contributed by atoms with van der Waals surface area (Å²) in [5, 5.41) is 9.95. The van der Waals surface area contributed by atoms with Gasteiger partial charge in [-0.15, -0.1) is 0 Å². The van der Waals surface area contributed by atoms with Gasteiger partial charge in [-0.25, -0.2) is 4.79 Å². The van der Waals surface area contributed by atoms with Crippen LogP contribution in [-0.4, -0.2) is 18.4 Å². The zero-order valence-electron chi connectivity index (χ0n) is 14.5. The topological polar surface area (TPSA) is 80.3 Å². The van der Waals surface area contributed by atoms with Gasteiger partial charge in [0.2, 0.25) is 0 Å². The lowest BCUT2D eigenvalue weighted by atomic mass is 9.97. The Kier molecular flexibility index (Phi) is 6.76. The molecule has 134 valence electrons. The van der Waals surface area contributed by atoms with E-state index in [1.165, 1.54) is 19.3 Å². The summed E-state index contributed by atoms with van der Waals surface area (Å²) in [5.41, 5.74) is 1.58. The second-order valence-corrected chi connectivity index (χ2v) is 6.15. The van der Waals surface area contributed by atoms with E-state index in [4.69, 9.17) is 20.8 Å². The number of carbonyl (C=O) groups excluding carboxylic acids is 2. The van der Waals surface area contributed by atoms with E-state index >= 15 is 0 Å². The monoisotopic (exact) mass is 371 g/mol. The molecule has 0 saturated heterocycles. The minimum absolute atomic E-state index is 0.00529. The van der Waals surface area contributed by atoms with Crippen molar-refractivity contribution in [3.63, 3.8) is 0 Å². The third kappa shape index (κ3) is 5.08. The molecular weight excluding hydrogens is 354 g/mol. The van der Waals surface area contributed by atoms with E-state index in [0.29, 0.717) is 17.2 Å². The van der Waals surface area contributed by atoms with Crippen molar-refractivity contribution in [2.45, 2.75) is 26.2 Å². The molecule has 26 heavy (non-hydrogen) atoms. The predicted octanol–water partition coefficient (Wildman–Crippen LogP) is 4.45. The van der Waals surface area contributed by atoms with E-state index < -0.39 is 17.7 Å². The number of nitriles is 1. The molecule has 0 saturated carbocycles. The van der Waals surface area contributed by atoms with Crippen molar-refractivity contribution in [1.82, 2.24) is 0 Å². The maximum absolute atomic E-state index is 12.2. The van der Waals surface area contributed by atoms with Crippen LogP contribution in [-0.2, 0) is 14.3 Å². The van der Waals surface area contributed by atoms with Crippen LogP contribution in [0.25, 0.3) is 6.08 Å². The van der Waals surface area contributed by atoms with E-state index in [1.54, 1.807) is 18.2 Å². The minimum Gasteiger partial charge on any atom is -0.465 e. The largest absolute Gasteiger partial charge is 0.465 e. The van der Waals surface area contributed by atoms with Crippen LogP contribution in [0.3, 0.4) is 0 Å². The fraction of sp³-hybridized carbons (Fsp3) is 0.250. The normalized spacial score (nSPS) is 12.3. The molecule has 0 fully saturated rings. The molecule has 0 radical (unpaired) electrons. The lowest BCUT2D eigenvalue weighted by Gasteiger charge is -2.11. The maximum Gasteiger partial charge on any atom is 0.341 e. The van der Waals surface area contributed by atoms with Gasteiger partial charge in [-0.3, -0.25) is 4.79 Å². The van der Waals surface area contributed by atoms with Crippen LogP contribution in [0.5, 0.6) is 0 Å². The SMILES string of the molecule is CC(=O)/C(=C/c1ccco1)C(=O)OCCC(C#N)c1ccc(C)c(Cl)c1. The number of ether oxygens (including phenoxy) is 1. The van der Waals surface area contributed by atoms with Gasteiger partial charge in [0.05, 0.1) is 24.9 Å². The number of halogens is 1. The second-order valence-electron chi connectivity index (χ2n) is 5.74. The Hall–Kier alpha value is -2.84. The molecule has 0 amide bonds. The number of hydrogen-bond donors (Lipinski definition) is 0. The van der Waals surface area contributed by atoms with Gasteiger partial charge >= 0.3 is 5.97 Å². The third-order valence-corrected chi connectivity index (χ3v) is 4.23. The molecule has 0 aliphatic carbocycles. The molecule has 0 N–H and O–H groups in total. The highest BCUT2D eigenvalue weighted by Crippen LogP contribution is 2.24. The van der Waals surface area contributed by atoms with Crippen LogP contribution in [0.2, 0.25) is 5.02 Å². The van der Waals surface area contributed by atoms with Gasteiger partial charge < -0.3 is 9.15 Å². The number of esters is 1. The number of rotatable bonds is 7. The fourth-order valence-electron chi connectivity index (χ4n) is 2.30. The van der Waals surface area contributed by atoms with Gasteiger partial charge in [0.1, 0.15) is 11.3 Å². The Bertz CT molecular complexity index is 862. The van der Waals surface area contributed by atoms with E-state index in [0.717, 1.165) is 11.1 Å². The Balaban J connectivity index is 2.00. The van der Waals surface area contributed by atoms with Gasteiger partial charge in [0, 0.05) is 11.4 Å². The first-order valence-electron chi connectivity index (χ1n) is 8.01. The number of Topliss-reactive ketones (excluding diaryl/α,β-unsaturated/α-hetero) is 1. The van der Waals surface area contributed by atoms with Crippen LogP contribution in [0, 0.1) is 18.3 Å². The zero-order chi connectivity index (χ0) is 19.1. The summed E-state index contributed by atoms with van der Waals surface area (Å²) in [6, 6.07) is 10.9. The summed E-state index contributed by atoms with van der Waals surface area (Å²) < 4.78 is 10.3. The highest BCUT2D eigenvalue weighted by Gasteiger charge is 2.18. The average Bonchev–Trinajstić information content (AvgIpc) is 3.12. The van der Waals surface area contributed by atoms with E-state index in [-0.39, 0.29) is 12.2 Å². The molecule has 6 heteroatoms. The Morgan fingerprint density at radius 1 is 1.38 bits per heavy atom. The number of hydrogen-bond acceptors (Lipinski definition) is 5. The molecule has 5 nitrogen and oxygen atoms in total. The van der Waals surface area contributed by atoms with Crippen molar-refractivity contribution in [2.75, 3.05) is 6.61 Å². The van der Waals surface area contributed by atoms with E-state index in [1.807, 2.05) is 19.1 Å². The van der Waals surface area contributed by atoms with Crippen LogP contribution in [0.4, 0.5) is 0 Å². The number of furan rings is 1. The van der Waals surface area contributed by atoms with Crippen LogP contribution in [0.1, 0.15) is 36.1 Å². The zero-order valence-corrected chi connectivity index (χ0v) is 15.2. The number of carbonyl (C=O) groups is 2. The summed E-state index contributed by atoms with van der Waals surface area (Å²) in [6.45, 7) is 3.16. The van der Waals surface area contributed by atoms with Crippen molar-refractivity contribution >= 4 is 29.4 Å². The van der Waals surface area contributed by atoms with Crippen molar-refractivity contribution in [1.29, 1.82) is 5.26 Å². The van der Waals surface area contributed by atoms with Crippen LogP contribution < -0.4 is 0 Å². The van der Waals surface area contributed by atoms with E-state index in [2.05, 4.69) is 6.07 Å². The highest BCUT2D eigenvalue weighted by atomic mass is 35.5. The number of aryl methyl sites for hydroxylation is 1. The number of nitrogens with zero attached hydrogens (tertiary/aromatic N) is 1. The molecule has 1 aromatic heterocycles. The minimum atomic E-state index is -0.743. The number of ketones is 1. The lowest BCUT2D eigenvalue weighted by molar-refractivity contribution is -0.140. The fourth-order valence-corrected chi connectivity index (χ4v) is 2.49. The molecule has 0 aliphatic heterocycles. The quantitative estimate of drug-likeness (QED) is 0.311. The average molecular weight is 372 g/mol. The molecule has 2 rings (SSSR count). The van der Waals surface area contributed by atoms with Gasteiger partial charge in [0.25, 0.3) is 0 Å². The van der Waals surface area contributed by atoms with Crippen molar-refractivity contribution in [3.8, 4) is 6.07 Å². The molecule has 0 aliphatic rings. The molecule has 1 heterocycles. The first-order chi connectivity index (χ1) is 12.4. The number of benzene rings is 1. The molecule has 0 bridgehead atoms. The maximum atomic E-state index is 12.2. The van der Waals surface area contributed by atoms with Crippen LogP contribution >= 0.6 is 11.6 Å². The molecule has 1 atom stereocenters. The second kappa shape index (κ2) is 9.02. The summed E-state index contributed by atoms with van der Waals surface area (Å²) in [7, 11) is 0. The summed E-state index contributed by atoms with van der Waals surface area (Å²) >= 11 is 6.09. The molecule has 0 spiro atoms. The molecule has 1 unspecified atom stereocenters. The summed E-state index contributed by atoms with van der Waals surface area (Å²) in [5.74, 6) is -1.24. The van der Waals surface area contributed by atoms with Crippen LogP contribution in [0.15, 0.2) is 46.6 Å². The van der Waals surface area contributed by atoms with Crippen molar-refractivity contribution in [2.24, 2.45) is 0 Å². The standard InChI is InChI=1S/C20H18ClNO4/c1-13-5-6-15(10-19(13)21)16(12-22)7-9-26-20(24)18(14(2)23)11-17-4-3-8-25-17/h3-6,8,10-11,16H,7,9H2,1-2H3/b18-11-. The molecule has 1 aromatic carbocycles. The van der Waals surface area contributed by atoms with Gasteiger partial charge in [0.15, 0.2) is 5.78 Å². The third-order valence-electron chi connectivity index (χ3n) is 3.82. The Morgan fingerprint density at radius 3 is 2.73 bits per heavy atom. The van der Waals surface area contributed by atoms with Gasteiger partial charge in [-0.05, 0) is 49.2 Å². The highest BCUT2D eigenvalue weighted by molar-refractivity contribution is 6.31. The lowest BCUT2D eigenvalue weighted by Crippen LogP contribution is -2.15. The summed E-state index contributed by atoms with van der Waals surface area (Å²) in [4.78, 5) is 23.8. The van der Waals surface area contributed by atoms with Crippen molar-refractivity contribution < 1.29 is 18.7 Å². The Morgan fingerprint density at radius 2 is 2.15 bits per heavy atom. The molecular formula is C20H18ClNO4. The predicted molar refractivity (Wildman–Crippen MR) is 97.5 cm³/mol. The van der Waals surface area contributed by atoms with Crippen molar-refractivity contribution in [3.05, 3.63) is 64.1 Å². The molecule has 2 aromatic rings. The van der Waals surface area contributed by atoms with Gasteiger partial charge in [-0.1, -0.05) is 23.7 Å². The summed E-state index contributed by atoms with van der Waals surface area (Å²) in [6.07, 6.45) is 3.08. The Labute approximate surface area is 156 Å². The van der Waals surface area contributed by atoms with E-state index in [9.17, 15) is 14.9 Å². The smallest absolute Gasteiger partial charge is 0.341 e.